The summed E-state index contributed by atoms with van der Waals surface area (Å²) in [7, 11) is 0. The van der Waals surface area contributed by atoms with Crippen molar-refractivity contribution in [2.24, 2.45) is 0 Å². The molecule has 2 aliphatic rings. The number of halogens is 1. The normalized spacial score (nSPS) is 18.6. The van der Waals surface area contributed by atoms with E-state index in [4.69, 9.17) is 22.1 Å². The summed E-state index contributed by atoms with van der Waals surface area (Å²) in [5.74, 6) is 0.473. The van der Waals surface area contributed by atoms with Crippen LogP contribution in [0.25, 0.3) is 0 Å². The molecule has 0 spiro atoms. The summed E-state index contributed by atoms with van der Waals surface area (Å²) in [6, 6.07) is 11.7. The molecule has 2 aromatic rings. The lowest BCUT2D eigenvalue weighted by molar-refractivity contribution is -0.139. The largest absolute Gasteiger partial charge is 0.444 e. The molecule has 2 amide bonds. The first-order valence-electron chi connectivity index (χ1n) is 12.5. The van der Waals surface area contributed by atoms with Crippen molar-refractivity contribution in [3.8, 4) is 0 Å². The van der Waals surface area contributed by atoms with E-state index in [0.717, 1.165) is 11.3 Å². The minimum atomic E-state index is -0.623. The highest BCUT2D eigenvalue weighted by Gasteiger charge is 2.46. The lowest BCUT2D eigenvalue weighted by Crippen LogP contribution is -2.56. The quantitative estimate of drug-likeness (QED) is 0.638. The minimum Gasteiger partial charge on any atom is -0.444 e. The van der Waals surface area contributed by atoms with Gasteiger partial charge >= 0.3 is 6.09 Å². The van der Waals surface area contributed by atoms with Crippen LogP contribution in [0.5, 0.6) is 0 Å². The second-order valence-electron chi connectivity index (χ2n) is 10.6. The van der Waals surface area contributed by atoms with Crippen molar-refractivity contribution in [2.45, 2.75) is 63.5 Å². The Labute approximate surface area is 217 Å². The van der Waals surface area contributed by atoms with Gasteiger partial charge in [0.15, 0.2) is 11.0 Å². The van der Waals surface area contributed by atoms with Crippen molar-refractivity contribution in [1.29, 1.82) is 0 Å². The van der Waals surface area contributed by atoms with E-state index in [-0.39, 0.29) is 17.1 Å². The number of hydrogen-bond donors (Lipinski definition) is 2. The van der Waals surface area contributed by atoms with E-state index in [1.807, 2.05) is 56.0 Å². The van der Waals surface area contributed by atoms with Gasteiger partial charge < -0.3 is 25.6 Å². The van der Waals surface area contributed by atoms with E-state index in [2.05, 4.69) is 20.4 Å². The summed E-state index contributed by atoms with van der Waals surface area (Å²) >= 11 is 6.06. The van der Waals surface area contributed by atoms with Gasteiger partial charge in [0.1, 0.15) is 5.60 Å². The summed E-state index contributed by atoms with van der Waals surface area (Å²) in [4.78, 5) is 30.3. The SMILES string of the molecule is CC(C)(C)OC(=O)NC1CCN(C(=O)C2(c3ccccc3)CCN(c3cc(Cl)nnc3N)CC2)CC1. The number of carbonyl (C=O) groups is 2. The number of amides is 2. The van der Waals surface area contributed by atoms with Crippen molar-refractivity contribution in [3.05, 3.63) is 47.1 Å². The van der Waals surface area contributed by atoms with Gasteiger partial charge in [0.25, 0.3) is 0 Å². The standard InChI is InChI=1S/C26H35ClN6O3/c1-25(2,3)36-24(35)29-19-9-13-33(14-10-19)23(34)26(18-7-5-4-6-8-18)11-15-32(16-12-26)20-17-21(27)30-31-22(20)28/h4-8,17,19H,9-16H2,1-3H3,(H2,28,31)(H,29,35). The number of piperidine rings is 2. The summed E-state index contributed by atoms with van der Waals surface area (Å²) in [5.41, 5.74) is 6.68. The monoisotopic (exact) mass is 514 g/mol. The Morgan fingerprint density at radius 1 is 1.08 bits per heavy atom. The Balaban J connectivity index is 1.46. The second kappa shape index (κ2) is 10.5. The van der Waals surface area contributed by atoms with Crippen LogP contribution in [0.1, 0.15) is 52.0 Å². The molecule has 0 bridgehead atoms. The van der Waals surface area contributed by atoms with Gasteiger partial charge in [0.05, 0.1) is 11.1 Å². The van der Waals surface area contributed by atoms with Gasteiger partial charge in [0.2, 0.25) is 5.91 Å². The highest BCUT2D eigenvalue weighted by Crippen LogP contribution is 2.40. The molecular formula is C26H35ClN6O3. The molecule has 36 heavy (non-hydrogen) atoms. The average Bonchev–Trinajstić information content (AvgIpc) is 2.85. The Morgan fingerprint density at radius 3 is 2.33 bits per heavy atom. The molecule has 4 rings (SSSR count). The molecule has 1 aromatic heterocycles. The van der Waals surface area contributed by atoms with Crippen molar-refractivity contribution >= 4 is 35.1 Å². The van der Waals surface area contributed by atoms with Gasteiger partial charge in [-0.05, 0) is 52.0 Å². The third-order valence-electron chi connectivity index (χ3n) is 6.97. The maximum atomic E-state index is 14.1. The van der Waals surface area contributed by atoms with Crippen LogP contribution < -0.4 is 16.0 Å². The van der Waals surface area contributed by atoms with E-state index in [9.17, 15) is 9.59 Å². The molecule has 194 valence electrons. The molecule has 10 heteroatoms. The zero-order valence-corrected chi connectivity index (χ0v) is 21.9. The number of benzene rings is 1. The molecule has 2 saturated heterocycles. The van der Waals surface area contributed by atoms with Gasteiger partial charge in [-0.1, -0.05) is 41.9 Å². The van der Waals surface area contributed by atoms with E-state index in [1.54, 1.807) is 6.07 Å². The average molecular weight is 515 g/mol. The van der Waals surface area contributed by atoms with Crippen molar-refractivity contribution < 1.29 is 14.3 Å². The van der Waals surface area contributed by atoms with E-state index < -0.39 is 17.1 Å². The number of alkyl carbamates (subject to hydrolysis) is 1. The van der Waals surface area contributed by atoms with Gasteiger partial charge in [-0.25, -0.2) is 4.79 Å². The van der Waals surface area contributed by atoms with Crippen LogP contribution in [0.4, 0.5) is 16.3 Å². The van der Waals surface area contributed by atoms with Crippen LogP contribution in [-0.4, -0.2) is 64.9 Å². The smallest absolute Gasteiger partial charge is 0.407 e. The molecule has 3 heterocycles. The highest BCUT2D eigenvalue weighted by molar-refractivity contribution is 6.29. The number of anilines is 2. The van der Waals surface area contributed by atoms with Crippen LogP contribution in [-0.2, 0) is 14.9 Å². The van der Waals surface area contributed by atoms with Crippen LogP contribution in [0.2, 0.25) is 5.15 Å². The Bertz CT molecular complexity index is 1070. The Morgan fingerprint density at radius 2 is 1.72 bits per heavy atom. The summed E-state index contributed by atoms with van der Waals surface area (Å²) in [6.07, 6.45) is 2.26. The van der Waals surface area contributed by atoms with Gasteiger partial charge in [-0.2, -0.15) is 0 Å². The number of nitrogens with two attached hydrogens (primary N) is 1. The number of hydrogen-bond acceptors (Lipinski definition) is 7. The number of likely N-dealkylation sites (tertiary alicyclic amines) is 1. The molecule has 0 atom stereocenters. The fourth-order valence-corrected chi connectivity index (χ4v) is 5.28. The summed E-state index contributed by atoms with van der Waals surface area (Å²) in [6.45, 7) is 8.00. The molecule has 0 aliphatic carbocycles. The highest BCUT2D eigenvalue weighted by atomic mass is 35.5. The number of ether oxygens (including phenoxy) is 1. The number of aromatic nitrogens is 2. The van der Waals surface area contributed by atoms with Crippen molar-refractivity contribution in [1.82, 2.24) is 20.4 Å². The van der Waals surface area contributed by atoms with Gasteiger partial charge in [0, 0.05) is 38.3 Å². The molecule has 2 aliphatic heterocycles. The number of rotatable bonds is 4. The maximum absolute atomic E-state index is 14.1. The fraction of sp³-hybridized carbons (Fsp3) is 0.538. The van der Waals surface area contributed by atoms with E-state index >= 15 is 0 Å². The Kier molecular flexibility index (Phi) is 7.59. The van der Waals surface area contributed by atoms with Crippen molar-refractivity contribution in [2.75, 3.05) is 36.8 Å². The van der Waals surface area contributed by atoms with Gasteiger partial charge in [-0.15, -0.1) is 10.2 Å². The number of nitrogens with one attached hydrogen (secondary N) is 1. The van der Waals surface area contributed by atoms with Gasteiger partial charge in [-0.3, -0.25) is 4.79 Å². The zero-order chi connectivity index (χ0) is 25.9. The molecule has 2 fully saturated rings. The molecule has 3 N–H and O–H groups in total. The number of nitrogens with zero attached hydrogens (tertiary/aromatic N) is 4. The molecule has 1 aromatic carbocycles. The lowest BCUT2D eigenvalue weighted by atomic mass is 9.71. The van der Waals surface area contributed by atoms with Crippen LogP contribution in [0.15, 0.2) is 36.4 Å². The predicted octanol–water partition coefficient (Wildman–Crippen LogP) is 3.77. The molecule has 0 unspecified atom stereocenters. The first-order valence-corrected chi connectivity index (χ1v) is 12.8. The maximum Gasteiger partial charge on any atom is 0.407 e. The third-order valence-corrected chi connectivity index (χ3v) is 7.15. The number of carbonyl (C=O) groups excluding carboxylic acids is 2. The third kappa shape index (κ3) is 5.83. The van der Waals surface area contributed by atoms with Crippen LogP contribution in [0.3, 0.4) is 0 Å². The van der Waals surface area contributed by atoms with Crippen LogP contribution >= 0.6 is 11.6 Å². The molecule has 0 saturated carbocycles. The summed E-state index contributed by atoms with van der Waals surface area (Å²) < 4.78 is 5.39. The van der Waals surface area contributed by atoms with Crippen molar-refractivity contribution in [3.63, 3.8) is 0 Å². The fourth-order valence-electron chi connectivity index (χ4n) is 5.14. The van der Waals surface area contributed by atoms with Crippen LogP contribution in [0, 0.1) is 0 Å². The summed E-state index contributed by atoms with van der Waals surface area (Å²) in [5, 5.41) is 11.0. The number of nitrogen functional groups attached to an aromatic ring is 1. The zero-order valence-electron chi connectivity index (χ0n) is 21.2. The predicted molar refractivity (Wildman–Crippen MR) is 140 cm³/mol. The Hall–Kier alpha value is -3.07. The molecular weight excluding hydrogens is 480 g/mol. The second-order valence-corrected chi connectivity index (χ2v) is 11.0. The first kappa shape index (κ1) is 26.0. The minimum absolute atomic E-state index is 0.00895. The lowest BCUT2D eigenvalue weighted by Gasteiger charge is -2.45. The molecule has 0 radical (unpaired) electrons. The first-order chi connectivity index (χ1) is 17.1. The van der Waals surface area contributed by atoms with E-state index in [1.165, 1.54) is 0 Å². The molecule has 9 nitrogen and oxygen atoms in total. The van der Waals surface area contributed by atoms with E-state index in [0.29, 0.717) is 57.7 Å². The topological polar surface area (TPSA) is 114 Å².